The van der Waals surface area contributed by atoms with Gasteiger partial charge in [-0.05, 0) is 43.9 Å². The number of piperidine rings is 2. The van der Waals surface area contributed by atoms with Crippen molar-refractivity contribution in [3.05, 3.63) is 0 Å². The maximum atomic E-state index is 11.5. The molecule has 3 nitrogen and oxygen atoms in total. The van der Waals surface area contributed by atoms with Gasteiger partial charge in [0.25, 0.3) is 0 Å². The van der Waals surface area contributed by atoms with Gasteiger partial charge >= 0.3 is 0 Å². The van der Waals surface area contributed by atoms with Crippen molar-refractivity contribution >= 4 is 5.91 Å². The summed E-state index contributed by atoms with van der Waals surface area (Å²) in [4.78, 5) is 13.3. The molecule has 4 bridgehead atoms. The Hall–Kier alpha value is -0.570. The second-order valence-corrected chi connectivity index (χ2v) is 5.37. The van der Waals surface area contributed by atoms with Gasteiger partial charge in [-0.1, -0.05) is 0 Å². The zero-order chi connectivity index (χ0) is 9.92. The minimum absolute atomic E-state index is 0.0521. The molecule has 14 heavy (non-hydrogen) atoms. The largest absolute Gasteiger partial charge is 0.371 e. The monoisotopic (exact) mass is 195 g/mol. The first-order valence-corrected chi connectivity index (χ1v) is 5.61. The van der Waals surface area contributed by atoms with Crippen LogP contribution in [0.15, 0.2) is 0 Å². The van der Waals surface area contributed by atoms with Crippen molar-refractivity contribution in [2.45, 2.75) is 50.8 Å². The summed E-state index contributed by atoms with van der Waals surface area (Å²) in [5.74, 6) is 1.40. The molecular weight excluding hydrogens is 178 g/mol. The van der Waals surface area contributed by atoms with Gasteiger partial charge < -0.3 is 10.0 Å². The van der Waals surface area contributed by atoms with Crippen molar-refractivity contribution in [2.75, 3.05) is 0 Å². The van der Waals surface area contributed by atoms with Gasteiger partial charge in [-0.3, -0.25) is 4.79 Å². The fourth-order valence-corrected chi connectivity index (χ4v) is 4.17. The normalized spacial score (nSPS) is 49.9. The van der Waals surface area contributed by atoms with Crippen LogP contribution in [0, 0.1) is 11.8 Å². The molecule has 2 atom stereocenters. The van der Waals surface area contributed by atoms with Crippen LogP contribution in [0.5, 0.6) is 0 Å². The zero-order valence-corrected chi connectivity index (χ0v) is 8.57. The molecule has 0 aromatic heterocycles. The third kappa shape index (κ3) is 0.991. The van der Waals surface area contributed by atoms with E-state index in [4.69, 9.17) is 0 Å². The van der Waals surface area contributed by atoms with Gasteiger partial charge in [-0.15, -0.1) is 0 Å². The van der Waals surface area contributed by atoms with Gasteiger partial charge in [-0.2, -0.15) is 0 Å². The molecule has 3 heteroatoms. The van der Waals surface area contributed by atoms with Crippen LogP contribution in [0.2, 0.25) is 0 Å². The lowest BCUT2D eigenvalue weighted by Gasteiger charge is -2.60. The quantitative estimate of drug-likeness (QED) is 0.629. The van der Waals surface area contributed by atoms with E-state index in [1.807, 2.05) is 0 Å². The van der Waals surface area contributed by atoms with Crippen molar-refractivity contribution in [1.82, 2.24) is 4.90 Å². The third-order valence-electron chi connectivity index (χ3n) is 4.26. The van der Waals surface area contributed by atoms with Gasteiger partial charge in [-0.25, -0.2) is 0 Å². The van der Waals surface area contributed by atoms with Crippen LogP contribution >= 0.6 is 0 Å². The first-order chi connectivity index (χ1) is 6.58. The summed E-state index contributed by atoms with van der Waals surface area (Å²) >= 11 is 0. The summed E-state index contributed by atoms with van der Waals surface area (Å²) in [6, 6.07) is 0.337. The molecule has 0 aromatic carbocycles. The zero-order valence-electron chi connectivity index (χ0n) is 8.57. The highest BCUT2D eigenvalue weighted by atomic mass is 16.3. The fraction of sp³-hybridized carbons (Fsp3) is 0.909. The van der Waals surface area contributed by atoms with Crippen molar-refractivity contribution in [1.29, 1.82) is 0 Å². The summed E-state index contributed by atoms with van der Waals surface area (Å²) in [7, 11) is 0. The van der Waals surface area contributed by atoms with Crippen molar-refractivity contribution in [3.8, 4) is 0 Å². The highest BCUT2D eigenvalue weighted by Crippen LogP contribution is 2.53. The molecule has 4 aliphatic rings. The number of rotatable bonds is 0. The van der Waals surface area contributed by atoms with E-state index in [9.17, 15) is 9.90 Å². The minimum atomic E-state index is -0.777. The summed E-state index contributed by atoms with van der Waals surface area (Å²) in [5.41, 5.74) is -0.777. The highest BCUT2D eigenvalue weighted by molar-refractivity contribution is 5.74. The van der Waals surface area contributed by atoms with E-state index < -0.39 is 5.72 Å². The van der Waals surface area contributed by atoms with Gasteiger partial charge in [0.1, 0.15) is 5.72 Å². The summed E-state index contributed by atoms with van der Waals surface area (Å²) in [5, 5.41) is 10.4. The van der Waals surface area contributed by atoms with Crippen LogP contribution < -0.4 is 0 Å². The smallest absolute Gasteiger partial charge is 0.221 e. The average molecular weight is 195 g/mol. The van der Waals surface area contributed by atoms with E-state index in [2.05, 4.69) is 0 Å². The molecular formula is C11H17NO2. The standard InChI is InChI=1S/C11H17NO2/c1-7(13)12-10-3-8-2-9(4-10)6-11(12,14)5-8/h8-10,14H,2-6H2,1H3. The fourth-order valence-electron chi connectivity index (χ4n) is 4.17. The van der Waals surface area contributed by atoms with Crippen LogP contribution in [-0.2, 0) is 4.79 Å². The number of nitrogens with zero attached hydrogens (tertiary/aromatic N) is 1. The Balaban J connectivity index is 1.97. The van der Waals surface area contributed by atoms with E-state index in [-0.39, 0.29) is 5.91 Å². The molecule has 2 aliphatic carbocycles. The molecule has 2 aliphatic heterocycles. The Bertz CT molecular complexity index is 275. The molecule has 4 rings (SSSR count). The Morgan fingerprint density at radius 2 is 1.86 bits per heavy atom. The van der Waals surface area contributed by atoms with E-state index >= 15 is 0 Å². The average Bonchev–Trinajstić information content (AvgIpc) is 1.97. The topological polar surface area (TPSA) is 40.5 Å². The first-order valence-electron chi connectivity index (χ1n) is 5.61. The third-order valence-corrected chi connectivity index (χ3v) is 4.26. The molecule has 0 radical (unpaired) electrons. The summed E-state index contributed by atoms with van der Waals surface area (Å²) < 4.78 is 0. The van der Waals surface area contributed by atoms with Gasteiger partial charge in [0.05, 0.1) is 0 Å². The number of carbonyl (C=O) groups excluding carboxylic acids is 1. The molecule has 78 valence electrons. The SMILES string of the molecule is CC(=O)N1C2CC3CC(C2)CC1(O)C3. The van der Waals surface area contributed by atoms with E-state index in [0.29, 0.717) is 17.9 Å². The molecule has 4 fully saturated rings. The Kier molecular flexibility index (Phi) is 1.56. The van der Waals surface area contributed by atoms with Gasteiger partial charge in [0.2, 0.25) is 5.91 Å². The lowest BCUT2D eigenvalue weighted by Crippen LogP contribution is -2.67. The van der Waals surface area contributed by atoms with E-state index in [1.54, 1.807) is 11.8 Å². The second kappa shape index (κ2) is 2.51. The van der Waals surface area contributed by atoms with E-state index in [1.165, 1.54) is 6.42 Å². The second-order valence-electron chi connectivity index (χ2n) is 5.37. The highest BCUT2D eigenvalue weighted by Gasteiger charge is 2.55. The molecule has 0 aromatic rings. The van der Waals surface area contributed by atoms with Gasteiger partial charge in [0.15, 0.2) is 0 Å². The van der Waals surface area contributed by atoms with Crippen molar-refractivity contribution < 1.29 is 9.90 Å². The number of carbonyl (C=O) groups is 1. The molecule has 2 saturated carbocycles. The van der Waals surface area contributed by atoms with Gasteiger partial charge in [0, 0.05) is 13.0 Å². The maximum absolute atomic E-state index is 11.5. The number of aliphatic hydroxyl groups is 1. The van der Waals surface area contributed by atoms with E-state index in [0.717, 1.165) is 25.7 Å². The first kappa shape index (κ1) is 8.72. The molecule has 1 N–H and O–H groups in total. The van der Waals surface area contributed by atoms with Crippen LogP contribution in [-0.4, -0.2) is 27.7 Å². The Morgan fingerprint density at radius 3 is 2.29 bits per heavy atom. The molecule has 2 saturated heterocycles. The van der Waals surface area contributed by atoms with Crippen LogP contribution in [0.25, 0.3) is 0 Å². The predicted octanol–water partition coefficient (Wildman–Crippen LogP) is 1.12. The lowest BCUT2D eigenvalue weighted by molar-refractivity contribution is -0.228. The number of hydrogen-bond donors (Lipinski definition) is 1. The van der Waals surface area contributed by atoms with Crippen LogP contribution in [0.3, 0.4) is 0 Å². The molecule has 2 unspecified atom stereocenters. The van der Waals surface area contributed by atoms with Crippen molar-refractivity contribution in [2.24, 2.45) is 11.8 Å². The number of hydrogen-bond acceptors (Lipinski definition) is 2. The predicted molar refractivity (Wildman–Crippen MR) is 51.3 cm³/mol. The maximum Gasteiger partial charge on any atom is 0.221 e. The van der Waals surface area contributed by atoms with Crippen LogP contribution in [0.4, 0.5) is 0 Å². The molecule has 1 amide bonds. The van der Waals surface area contributed by atoms with Crippen LogP contribution in [0.1, 0.15) is 39.0 Å². The molecule has 0 spiro atoms. The lowest BCUT2D eigenvalue weighted by atomic mass is 9.62. The number of amides is 1. The Labute approximate surface area is 84.1 Å². The minimum Gasteiger partial charge on any atom is -0.371 e. The van der Waals surface area contributed by atoms with Crippen molar-refractivity contribution in [3.63, 3.8) is 0 Å². The molecule has 2 heterocycles. The summed E-state index contributed by atoms with van der Waals surface area (Å²) in [6.45, 7) is 1.58. The summed E-state index contributed by atoms with van der Waals surface area (Å²) in [6.07, 6.45) is 5.17. The Morgan fingerprint density at radius 1 is 1.29 bits per heavy atom.